The van der Waals surface area contributed by atoms with Gasteiger partial charge in [-0.25, -0.2) is 4.98 Å². The molecule has 0 aromatic carbocycles. The van der Waals surface area contributed by atoms with Crippen molar-refractivity contribution in [1.29, 1.82) is 0 Å². The minimum absolute atomic E-state index is 0. The van der Waals surface area contributed by atoms with E-state index in [1.54, 1.807) is 6.26 Å². The fraction of sp³-hybridized carbons (Fsp3) is 0.680. The molecule has 3 aliphatic rings. The topological polar surface area (TPSA) is 61.6 Å². The molecule has 1 aliphatic heterocycles. The van der Waals surface area contributed by atoms with Crippen LogP contribution in [-0.4, -0.2) is 54.6 Å². The number of hydrogen-bond donors (Lipinski definition) is 1. The van der Waals surface area contributed by atoms with Gasteiger partial charge in [-0.3, -0.25) is 4.79 Å². The van der Waals surface area contributed by atoms with Gasteiger partial charge in [0.05, 0.1) is 11.6 Å². The maximum atomic E-state index is 11.4. The van der Waals surface area contributed by atoms with Gasteiger partial charge in [-0.15, -0.1) is 0 Å². The third-order valence-electron chi connectivity index (χ3n) is 6.38. The number of rotatable bonds is 4. The van der Waals surface area contributed by atoms with Gasteiger partial charge in [-0.2, -0.15) is 0 Å². The second kappa shape index (κ2) is 12.1. The Bertz CT molecular complexity index is 794. The number of likely N-dealkylation sites (N-methyl/N-ethyl adjacent to an activating group) is 1. The van der Waals surface area contributed by atoms with Crippen molar-refractivity contribution in [2.75, 3.05) is 37.6 Å². The zero-order chi connectivity index (χ0) is 22.1. The van der Waals surface area contributed by atoms with Gasteiger partial charge in [0.2, 0.25) is 5.91 Å². The molecule has 2 aromatic rings. The normalized spacial score (nSPS) is 19.8. The number of pyridine rings is 1. The van der Waals surface area contributed by atoms with Crippen LogP contribution in [0.3, 0.4) is 0 Å². The molecule has 6 heteroatoms. The molecule has 3 heterocycles. The Morgan fingerprint density at radius 3 is 2.45 bits per heavy atom. The second-order valence-corrected chi connectivity index (χ2v) is 8.51. The summed E-state index contributed by atoms with van der Waals surface area (Å²) < 4.78 is 5.41. The number of amides is 1. The summed E-state index contributed by atoms with van der Waals surface area (Å²) in [5.74, 6) is 1.76. The van der Waals surface area contributed by atoms with E-state index in [9.17, 15) is 4.79 Å². The highest BCUT2D eigenvalue weighted by Gasteiger charge is 2.31. The lowest BCUT2D eigenvalue weighted by molar-refractivity contribution is -0.123. The van der Waals surface area contributed by atoms with Gasteiger partial charge in [-0.05, 0) is 44.4 Å². The van der Waals surface area contributed by atoms with E-state index in [0.29, 0.717) is 17.9 Å². The van der Waals surface area contributed by atoms with Crippen LogP contribution in [-0.2, 0) is 4.79 Å². The molecule has 0 spiro atoms. The summed E-state index contributed by atoms with van der Waals surface area (Å²) in [6, 6.07) is 4.43. The molecular formula is C25H42N4O2. The number of nitrogens with one attached hydrogen (secondary N) is 1. The standard InChI is InChI=1S/C13H17N3O.C10H17NO.C2H6.H2/c1-2-15-6-8-16(9-7-15)13-11-4-10-17-12(11)3-5-14-13;12-10(8-6-7-8)11-9-4-2-1-3-5-9;1-2;/h3-5,10H,2,6-9H2,1H3;8-9H,1-7H2,(H,11,12);1-2H3;1H. The highest BCUT2D eigenvalue weighted by Crippen LogP contribution is 2.29. The van der Waals surface area contributed by atoms with E-state index in [2.05, 4.69) is 27.0 Å². The van der Waals surface area contributed by atoms with Crippen molar-refractivity contribution in [2.24, 2.45) is 5.92 Å². The van der Waals surface area contributed by atoms with E-state index in [0.717, 1.165) is 62.4 Å². The van der Waals surface area contributed by atoms with Gasteiger partial charge in [-0.1, -0.05) is 40.0 Å². The predicted octanol–water partition coefficient (Wildman–Crippen LogP) is 5.09. The molecule has 2 aromatic heterocycles. The third kappa shape index (κ3) is 6.70. The van der Waals surface area contributed by atoms with Crippen molar-refractivity contribution < 1.29 is 10.6 Å². The van der Waals surface area contributed by atoms with Gasteiger partial charge >= 0.3 is 0 Å². The Hall–Kier alpha value is -2.08. The van der Waals surface area contributed by atoms with Gasteiger partial charge in [0.15, 0.2) is 0 Å². The summed E-state index contributed by atoms with van der Waals surface area (Å²) >= 11 is 0. The molecule has 2 saturated carbocycles. The minimum atomic E-state index is 0. The maximum Gasteiger partial charge on any atom is 0.223 e. The third-order valence-corrected chi connectivity index (χ3v) is 6.38. The molecule has 1 amide bonds. The van der Waals surface area contributed by atoms with E-state index < -0.39 is 0 Å². The van der Waals surface area contributed by atoms with Crippen LogP contribution in [0.15, 0.2) is 29.0 Å². The summed E-state index contributed by atoms with van der Waals surface area (Å²) in [4.78, 5) is 20.7. The average Bonchev–Trinajstić information content (AvgIpc) is 3.58. The summed E-state index contributed by atoms with van der Waals surface area (Å²) in [6.45, 7) is 11.7. The van der Waals surface area contributed by atoms with Crippen LogP contribution < -0.4 is 10.2 Å². The summed E-state index contributed by atoms with van der Waals surface area (Å²) in [5, 5.41) is 4.26. The second-order valence-electron chi connectivity index (χ2n) is 8.51. The van der Waals surface area contributed by atoms with Crippen LogP contribution >= 0.6 is 0 Å². The van der Waals surface area contributed by atoms with Crippen molar-refractivity contribution in [3.05, 3.63) is 24.6 Å². The minimum Gasteiger partial charge on any atom is -0.464 e. The molecule has 31 heavy (non-hydrogen) atoms. The number of fused-ring (bicyclic) bond motifs is 1. The summed E-state index contributed by atoms with van der Waals surface area (Å²) in [7, 11) is 0. The first-order valence-corrected chi connectivity index (χ1v) is 12.3. The molecule has 3 fully saturated rings. The monoisotopic (exact) mass is 430 g/mol. The molecule has 0 radical (unpaired) electrons. The number of aromatic nitrogens is 1. The number of furan rings is 1. The smallest absolute Gasteiger partial charge is 0.223 e. The van der Waals surface area contributed by atoms with Gasteiger partial charge in [0.1, 0.15) is 11.4 Å². The fourth-order valence-electron chi connectivity index (χ4n) is 4.32. The number of nitrogens with zero attached hydrogens (tertiary/aromatic N) is 3. The predicted molar refractivity (Wildman–Crippen MR) is 130 cm³/mol. The number of hydrogen-bond acceptors (Lipinski definition) is 5. The lowest BCUT2D eigenvalue weighted by atomic mass is 9.95. The maximum absolute atomic E-state index is 11.4. The van der Waals surface area contributed by atoms with Crippen LogP contribution in [0.2, 0.25) is 0 Å². The molecule has 5 rings (SSSR count). The van der Waals surface area contributed by atoms with Crippen LogP contribution in [0.1, 0.15) is 67.1 Å². The summed E-state index contributed by atoms with van der Waals surface area (Å²) in [5.41, 5.74) is 0.924. The lowest BCUT2D eigenvalue weighted by Gasteiger charge is -2.34. The molecule has 0 atom stereocenters. The highest BCUT2D eigenvalue weighted by atomic mass is 16.3. The fourth-order valence-corrected chi connectivity index (χ4v) is 4.32. The van der Waals surface area contributed by atoms with Gasteiger partial charge in [0, 0.05) is 45.8 Å². The highest BCUT2D eigenvalue weighted by molar-refractivity contribution is 5.88. The van der Waals surface area contributed by atoms with Gasteiger partial charge < -0.3 is 19.5 Å². The number of anilines is 1. The number of carbonyl (C=O) groups excluding carboxylic acids is 1. The Balaban J connectivity index is 0.000000214. The van der Waals surface area contributed by atoms with Crippen LogP contribution in [0.25, 0.3) is 11.0 Å². The van der Waals surface area contributed by atoms with E-state index in [1.807, 2.05) is 32.2 Å². The molecule has 174 valence electrons. The van der Waals surface area contributed by atoms with Crippen LogP contribution in [0.5, 0.6) is 0 Å². The molecule has 2 aliphatic carbocycles. The zero-order valence-electron chi connectivity index (χ0n) is 19.6. The molecular weight excluding hydrogens is 388 g/mol. The lowest BCUT2D eigenvalue weighted by Crippen LogP contribution is -2.46. The first kappa shape index (κ1) is 23.6. The van der Waals surface area contributed by atoms with Crippen LogP contribution in [0, 0.1) is 5.92 Å². The van der Waals surface area contributed by atoms with E-state index in [4.69, 9.17) is 4.42 Å². The molecule has 0 bridgehead atoms. The van der Waals surface area contributed by atoms with Gasteiger partial charge in [0.25, 0.3) is 0 Å². The first-order chi connectivity index (χ1) is 15.2. The molecule has 0 unspecified atom stereocenters. The van der Waals surface area contributed by atoms with E-state index in [-0.39, 0.29) is 1.43 Å². The first-order valence-electron chi connectivity index (χ1n) is 12.3. The number of piperazine rings is 1. The van der Waals surface area contributed by atoms with Crippen molar-refractivity contribution in [3.8, 4) is 0 Å². The number of carbonyl (C=O) groups is 1. The Labute approximate surface area is 188 Å². The Morgan fingerprint density at radius 1 is 1.10 bits per heavy atom. The average molecular weight is 431 g/mol. The zero-order valence-corrected chi connectivity index (χ0v) is 19.6. The molecule has 1 N–H and O–H groups in total. The molecule has 1 saturated heterocycles. The summed E-state index contributed by atoms with van der Waals surface area (Å²) in [6.07, 6.45) is 12.2. The van der Waals surface area contributed by atoms with E-state index >= 15 is 0 Å². The Kier molecular flexibility index (Phi) is 9.19. The van der Waals surface area contributed by atoms with Crippen LogP contribution in [0.4, 0.5) is 5.82 Å². The van der Waals surface area contributed by atoms with Crippen molar-refractivity contribution in [1.82, 2.24) is 15.2 Å². The largest absolute Gasteiger partial charge is 0.464 e. The van der Waals surface area contributed by atoms with Crippen molar-refractivity contribution in [3.63, 3.8) is 0 Å². The van der Waals surface area contributed by atoms with Crippen molar-refractivity contribution >= 4 is 22.7 Å². The molecule has 6 nitrogen and oxygen atoms in total. The van der Waals surface area contributed by atoms with E-state index in [1.165, 1.54) is 32.1 Å². The quantitative estimate of drug-likeness (QED) is 0.732. The van der Waals surface area contributed by atoms with Crippen molar-refractivity contribution in [2.45, 2.75) is 71.8 Å². The SMILES string of the molecule is CC.CCN1CCN(c2nccc3occc23)CC1.O=C(NC1CCCCC1)C1CC1.[HH]. The Morgan fingerprint density at radius 2 is 1.81 bits per heavy atom.